The van der Waals surface area contributed by atoms with Crippen molar-refractivity contribution in [3.8, 4) is 0 Å². The maximum absolute atomic E-state index is 5.84. The smallest absolute Gasteiger partial charge is 0.0503 e. The van der Waals surface area contributed by atoms with Crippen molar-refractivity contribution in [2.24, 2.45) is 0 Å². The first-order chi connectivity index (χ1) is 6.22. The van der Waals surface area contributed by atoms with Gasteiger partial charge in [0.15, 0.2) is 0 Å². The van der Waals surface area contributed by atoms with E-state index >= 15 is 0 Å². The van der Waals surface area contributed by atoms with Crippen molar-refractivity contribution in [1.82, 2.24) is 0 Å². The number of thioether (sulfide) groups is 1. The Labute approximate surface area is 98.8 Å². The SMILES string of the molecule is CSc1cc2scc(N)c2cc1I. The number of hydrogen-bond donors (Lipinski definition) is 1. The number of halogens is 1. The molecule has 68 valence electrons. The van der Waals surface area contributed by atoms with Crippen molar-refractivity contribution in [2.45, 2.75) is 4.90 Å². The molecule has 0 amide bonds. The Bertz CT molecular complexity index is 450. The maximum atomic E-state index is 5.84. The highest BCUT2D eigenvalue weighted by atomic mass is 127. The Balaban J connectivity index is 2.76. The first-order valence-corrected chi connectivity index (χ1v) is 6.91. The topological polar surface area (TPSA) is 26.0 Å². The molecular weight excluding hydrogens is 313 g/mol. The molecule has 1 nitrogen and oxygen atoms in total. The maximum Gasteiger partial charge on any atom is 0.0503 e. The molecule has 0 saturated carbocycles. The first kappa shape index (κ1) is 9.61. The Morgan fingerprint density at radius 1 is 1.46 bits per heavy atom. The highest BCUT2D eigenvalue weighted by molar-refractivity contribution is 14.1. The molecule has 13 heavy (non-hydrogen) atoms. The van der Waals surface area contributed by atoms with Gasteiger partial charge in [-0.15, -0.1) is 23.1 Å². The molecule has 0 fully saturated rings. The van der Waals surface area contributed by atoms with E-state index in [1.54, 1.807) is 23.1 Å². The van der Waals surface area contributed by atoms with Gasteiger partial charge in [0.05, 0.1) is 5.69 Å². The molecule has 2 rings (SSSR count). The fourth-order valence-electron chi connectivity index (χ4n) is 1.20. The minimum absolute atomic E-state index is 0.894. The average molecular weight is 321 g/mol. The van der Waals surface area contributed by atoms with Gasteiger partial charge in [-0.3, -0.25) is 0 Å². The van der Waals surface area contributed by atoms with Gasteiger partial charge in [0.1, 0.15) is 0 Å². The summed E-state index contributed by atoms with van der Waals surface area (Å²) in [5, 5.41) is 3.19. The second-order valence-corrected chi connectivity index (χ2v) is 5.60. The fraction of sp³-hybridized carbons (Fsp3) is 0.111. The highest BCUT2D eigenvalue weighted by Gasteiger charge is 2.05. The molecule has 0 aliphatic heterocycles. The molecule has 0 bridgehead atoms. The molecule has 0 saturated heterocycles. The van der Waals surface area contributed by atoms with Gasteiger partial charge in [-0.25, -0.2) is 0 Å². The van der Waals surface area contributed by atoms with E-state index in [2.05, 4.69) is 41.0 Å². The molecule has 1 aromatic carbocycles. The minimum Gasteiger partial charge on any atom is -0.398 e. The van der Waals surface area contributed by atoms with Gasteiger partial charge in [-0.05, 0) is 41.0 Å². The van der Waals surface area contributed by atoms with Gasteiger partial charge in [0, 0.05) is 23.9 Å². The monoisotopic (exact) mass is 321 g/mol. The quantitative estimate of drug-likeness (QED) is 0.638. The second kappa shape index (κ2) is 3.67. The lowest BCUT2D eigenvalue weighted by atomic mass is 10.2. The standard InChI is InChI=1S/C9H8INS2/c1-12-9-3-8-5(2-6(9)10)7(11)4-13-8/h2-4H,11H2,1H3. The van der Waals surface area contributed by atoms with Crippen molar-refractivity contribution in [1.29, 1.82) is 0 Å². The number of nitrogens with two attached hydrogens (primary N) is 1. The molecule has 0 radical (unpaired) electrons. The third-order valence-electron chi connectivity index (χ3n) is 1.88. The van der Waals surface area contributed by atoms with Gasteiger partial charge in [-0.2, -0.15) is 0 Å². The van der Waals surface area contributed by atoms with Gasteiger partial charge >= 0.3 is 0 Å². The zero-order chi connectivity index (χ0) is 9.42. The lowest BCUT2D eigenvalue weighted by molar-refractivity contribution is 1.46. The molecule has 1 aromatic heterocycles. The van der Waals surface area contributed by atoms with Crippen LogP contribution in [-0.4, -0.2) is 6.26 Å². The van der Waals surface area contributed by atoms with Crippen LogP contribution in [0.2, 0.25) is 0 Å². The summed E-state index contributed by atoms with van der Waals surface area (Å²) in [5.41, 5.74) is 6.73. The summed E-state index contributed by atoms with van der Waals surface area (Å²) in [4.78, 5) is 1.33. The normalized spacial score (nSPS) is 10.9. The summed E-state index contributed by atoms with van der Waals surface area (Å²) in [6.07, 6.45) is 2.10. The van der Waals surface area contributed by atoms with E-state index in [4.69, 9.17) is 5.73 Å². The minimum atomic E-state index is 0.894. The van der Waals surface area contributed by atoms with E-state index in [9.17, 15) is 0 Å². The van der Waals surface area contributed by atoms with E-state index in [0.29, 0.717) is 0 Å². The van der Waals surface area contributed by atoms with Crippen molar-refractivity contribution >= 4 is 61.5 Å². The molecular formula is C9H8INS2. The molecule has 0 spiro atoms. The average Bonchev–Trinajstić information content (AvgIpc) is 2.47. The van der Waals surface area contributed by atoms with E-state index in [1.807, 2.05) is 5.38 Å². The fourth-order valence-corrected chi connectivity index (χ4v) is 3.77. The van der Waals surface area contributed by atoms with Crippen molar-refractivity contribution in [2.75, 3.05) is 12.0 Å². The number of hydrogen-bond acceptors (Lipinski definition) is 3. The summed E-state index contributed by atoms with van der Waals surface area (Å²) in [6.45, 7) is 0. The number of fused-ring (bicyclic) bond motifs is 1. The molecule has 0 atom stereocenters. The van der Waals surface area contributed by atoms with Crippen molar-refractivity contribution in [3.05, 3.63) is 21.1 Å². The molecule has 0 aliphatic carbocycles. The molecule has 4 heteroatoms. The molecule has 2 N–H and O–H groups in total. The molecule has 0 aliphatic rings. The van der Waals surface area contributed by atoms with Crippen LogP contribution in [0.4, 0.5) is 5.69 Å². The lowest BCUT2D eigenvalue weighted by Crippen LogP contribution is -1.82. The summed E-state index contributed by atoms with van der Waals surface area (Å²) in [7, 11) is 0. The van der Waals surface area contributed by atoms with E-state index < -0.39 is 0 Å². The predicted molar refractivity (Wildman–Crippen MR) is 70.7 cm³/mol. The van der Waals surface area contributed by atoms with Crippen LogP contribution < -0.4 is 5.73 Å². The van der Waals surface area contributed by atoms with E-state index in [0.717, 1.165) is 5.69 Å². The number of anilines is 1. The summed E-state index contributed by atoms with van der Waals surface area (Å²) in [5.74, 6) is 0. The Kier molecular flexibility index (Phi) is 2.71. The van der Waals surface area contributed by atoms with Crippen molar-refractivity contribution < 1.29 is 0 Å². The van der Waals surface area contributed by atoms with Gasteiger partial charge < -0.3 is 5.73 Å². The van der Waals surface area contributed by atoms with Crippen LogP contribution in [0.5, 0.6) is 0 Å². The zero-order valence-corrected chi connectivity index (χ0v) is 10.8. The third-order valence-corrected chi connectivity index (χ3v) is 4.88. The van der Waals surface area contributed by atoms with E-state index in [1.165, 1.54) is 18.6 Å². The van der Waals surface area contributed by atoms with Gasteiger partial charge in [-0.1, -0.05) is 0 Å². The summed E-state index contributed by atoms with van der Waals surface area (Å²) < 4.78 is 2.56. The van der Waals surface area contributed by atoms with Crippen LogP contribution in [0, 0.1) is 3.57 Å². The predicted octanol–water partition coefficient (Wildman–Crippen LogP) is 3.81. The van der Waals surface area contributed by atoms with Crippen LogP contribution in [-0.2, 0) is 0 Å². The lowest BCUT2D eigenvalue weighted by Gasteiger charge is -2.00. The van der Waals surface area contributed by atoms with Gasteiger partial charge in [0.2, 0.25) is 0 Å². The van der Waals surface area contributed by atoms with E-state index in [-0.39, 0.29) is 0 Å². The number of rotatable bonds is 1. The third kappa shape index (κ3) is 1.67. The summed E-state index contributed by atoms with van der Waals surface area (Å²) >= 11 is 5.84. The van der Waals surface area contributed by atoms with Crippen LogP contribution in [0.25, 0.3) is 10.1 Å². The summed E-state index contributed by atoms with van der Waals surface area (Å²) in [6, 6.07) is 4.37. The van der Waals surface area contributed by atoms with Crippen molar-refractivity contribution in [3.63, 3.8) is 0 Å². The highest BCUT2D eigenvalue weighted by Crippen LogP contribution is 2.34. The molecule has 1 heterocycles. The number of nitrogen functional groups attached to an aromatic ring is 1. The van der Waals surface area contributed by atoms with Crippen LogP contribution in [0.15, 0.2) is 22.4 Å². The van der Waals surface area contributed by atoms with Crippen LogP contribution >= 0.6 is 45.7 Å². The Hall–Kier alpha value is 0.0600. The Morgan fingerprint density at radius 3 is 2.92 bits per heavy atom. The molecule has 2 aromatic rings. The zero-order valence-electron chi connectivity index (χ0n) is 7.00. The second-order valence-electron chi connectivity index (χ2n) is 2.67. The van der Waals surface area contributed by atoms with Crippen LogP contribution in [0.1, 0.15) is 0 Å². The molecule has 0 unspecified atom stereocenters. The van der Waals surface area contributed by atoms with Gasteiger partial charge in [0.25, 0.3) is 0 Å². The number of thiophene rings is 1. The number of benzene rings is 1. The Morgan fingerprint density at radius 2 is 2.23 bits per heavy atom. The largest absolute Gasteiger partial charge is 0.398 e. The first-order valence-electron chi connectivity index (χ1n) is 3.72. The van der Waals surface area contributed by atoms with Crippen LogP contribution in [0.3, 0.4) is 0 Å².